The highest BCUT2D eigenvalue weighted by atomic mass is 15.0. The number of hydrogen-bond acceptors (Lipinski definition) is 0. The van der Waals surface area contributed by atoms with Gasteiger partial charge in [0.1, 0.15) is 0 Å². The lowest BCUT2D eigenvalue weighted by Crippen LogP contribution is -2.78. The molecule has 1 nitrogen and oxygen atoms in total. The van der Waals surface area contributed by atoms with E-state index in [-0.39, 0.29) is 24.3 Å². The van der Waals surface area contributed by atoms with E-state index in [0.717, 1.165) is 6.42 Å². The van der Waals surface area contributed by atoms with E-state index in [0.29, 0.717) is 11.8 Å². The summed E-state index contributed by atoms with van der Waals surface area (Å²) in [6.45, 7) is 28.8. The molecular weight excluding hydrogens is 600 g/mol. The van der Waals surface area contributed by atoms with Crippen LogP contribution in [0, 0.1) is 13.8 Å². The fraction of sp³-hybridized carbons (Fsp3) is 0.362. The fourth-order valence-corrected chi connectivity index (χ4v) is 10.1. The van der Waals surface area contributed by atoms with Crippen LogP contribution in [-0.4, -0.2) is 18.0 Å². The van der Waals surface area contributed by atoms with Crippen molar-refractivity contribution in [2.75, 3.05) is 0 Å². The molecule has 6 aromatic rings. The zero-order valence-electron chi connectivity index (χ0n) is 32.3. The van der Waals surface area contributed by atoms with Crippen molar-refractivity contribution in [3.63, 3.8) is 0 Å². The van der Waals surface area contributed by atoms with Crippen LogP contribution in [0.1, 0.15) is 126 Å². The van der Waals surface area contributed by atoms with Crippen LogP contribution in [-0.2, 0) is 17.3 Å². The molecular formula is C47H51B2N. The summed E-state index contributed by atoms with van der Waals surface area (Å²) >= 11 is 0. The third-order valence-corrected chi connectivity index (χ3v) is 12.6. The summed E-state index contributed by atoms with van der Waals surface area (Å²) in [4.78, 5) is 0. The second kappa shape index (κ2) is 10.3. The molecule has 9 rings (SSSR count). The summed E-state index contributed by atoms with van der Waals surface area (Å²) in [5, 5.41) is 2.80. The molecule has 0 saturated heterocycles. The van der Waals surface area contributed by atoms with Crippen molar-refractivity contribution in [2.45, 2.75) is 112 Å². The number of aromatic nitrogens is 1. The summed E-state index contributed by atoms with van der Waals surface area (Å²) in [5.41, 5.74) is 25.1. The lowest BCUT2D eigenvalue weighted by atomic mass is 9.18. The molecule has 3 aliphatic rings. The first-order chi connectivity index (χ1) is 23.5. The molecule has 0 N–H and O–H groups in total. The second-order valence-electron chi connectivity index (χ2n) is 18.7. The van der Waals surface area contributed by atoms with Crippen molar-refractivity contribution in [3.05, 3.63) is 111 Å². The monoisotopic (exact) mass is 651 g/mol. The van der Waals surface area contributed by atoms with Crippen LogP contribution < -0.4 is 32.8 Å². The Labute approximate surface area is 300 Å². The van der Waals surface area contributed by atoms with Crippen LogP contribution in [0.2, 0.25) is 0 Å². The van der Waals surface area contributed by atoms with Crippen molar-refractivity contribution in [2.24, 2.45) is 0 Å². The van der Waals surface area contributed by atoms with Crippen molar-refractivity contribution >= 4 is 68.0 Å². The molecule has 0 atom stereocenters. The largest absolute Gasteiger partial charge is 0.310 e. The van der Waals surface area contributed by atoms with E-state index in [4.69, 9.17) is 0 Å². The SMILES string of the molecule is Cc1cc2c3c(c1)-n1c4ccc(C(C)(C)C)cc4c4cc(C(C)(C)C)c(C)c(c41)B3c1cc(C(C)C)cc3c1B2c1ccc(C(C)C)cc1C3. The zero-order chi connectivity index (χ0) is 35.3. The Bertz CT molecular complexity index is 2460. The summed E-state index contributed by atoms with van der Waals surface area (Å²) in [5.74, 6) is 0.978. The molecule has 50 heavy (non-hydrogen) atoms. The molecule has 5 aromatic carbocycles. The smallest absolute Gasteiger partial charge is 0.245 e. The predicted octanol–water partition coefficient (Wildman–Crippen LogP) is 7.81. The van der Waals surface area contributed by atoms with E-state index < -0.39 is 0 Å². The Morgan fingerprint density at radius 3 is 1.98 bits per heavy atom. The van der Waals surface area contributed by atoms with Crippen LogP contribution in [0.4, 0.5) is 0 Å². The number of fused-ring (bicyclic) bond motifs is 9. The van der Waals surface area contributed by atoms with E-state index in [1.165, 1.54) is 88.3 Å². The Balaban J connectivity index is 1.49. The van der Waals surface area contributed by atoms with Gasteiger partial charge in [-0.1, -0.05) is 134 Å². The van der Waals surface area contributed by atoms with E-state index in [2.05, 4.69) is 154 Å². The summed E-state index contributed by atoms with van der Waals surface area (Å²) < 4.78 is 2.68. The number of rotatable bonds is 2. The highest BCUT2D eigenvalue weighted by molar-refractivity contribution is 7.13. The van der Waals surface area contributed by atoms with Crippen molar-refractivity contribution in [1.29, 1.82) is 0 Å². The molecule has 0 fully saturated rings. The van der Waals surface area contributed by atoms with E-state index >= 15 is 0 Å². The molecule has 0 bridgehead atoms. The fourth-order valence-electron chi connectivity index (χ4n) is 10.1. The molecule has 4 heterocycles. The van der Waals surface area contributed by atoms with E-state index in [1.807, 2.05) is 0 Å². The second-order valence-corrected chi connectivity index (χ2v) is 18.7. The molecule has 0 aliphatic carbocycles. The zero-order valence-corrected chi connectivity index (χ0v) is 32.3. The molecule has 3 aliphatic heterocycles. The Morgan fingerprint density at radius 2 is 1.30 bits per heavy atom. The summed E-state index contributed by atoms with van der Waals surface area (Å²) in [7, 11) is 0. The number of benzene rings is 5. The highest BCUT2D eigenvalue weighted by Gasteiger charge is 2.48. The van der Waals surface area contributed by atoms with Gasteiger partial charge in [0.25, 0.3) is 0 Å². The molecule has 250 valence electrons. The number of aryl methyl sites for hydroxylation is 1. The van der Waals surface area contributed by atoms with Gasteiger partial charge in [-0.3, -0.25) is 0 Å². The normalized spacial score (nSPS) is 14.6. The highest BCUT2D eigenvalue weighted by Crippen LogP contribution is 2.40. The molecule has 0 unspecified atom stereocenters. The van der Waals surface area contributed by atoms with Gasteiger partial charge in [-0.2, -0.15) is 0 Å². The molecule has 0 amide bonds. The van der Waals surface area contributed by atoms with Crippen LogP contribution in [0.25, 0.3) is 27.5 Å². The van der Waals surface area contributed by atoms with Gasteiger partial charge in [0, 0.05) is 22.0 Å². The van der Waals surface area contributed by atoms with Crippen molar-refractivity contribution in [3.8, 4) is 5.69 Å². The number of hydrogen-bond donors (Lipinski definition) is 0. The summed E-state index contributed by atoms with van der Waals surface area (Å²) in [6.07, 6.45) is 1.02. The Kier molecular flexibility index (Phi) is 6.59. The van der Waals surface area contributed by atoms with Crippen LogP contribution >= 0.6 is 0 Å². The predicted molar refractivity (Wildman–Crippen MR) is 221 cm³/mol. The average molecular weight is 652 g/mol. The van der Waals surface area contributed by atoms with Gasteiger partial charge in [-0.15, -0.1) is 0 Å². The first-order valence-electron chi connectivity index (χ1n) is 19.1. The minimum absolute atomic E-state index is 0.0185. The lowest BCUT2D eigenvalue weighted by Gasteiger charge is -2.42. The molecule has 3 heteroatoms. The lowest BCUT2D eigenvalue weighted by molar-refractivity contribution is 0.587. The van der Waals surface area contributed by atoms with Gasteiger partial charge in [0.2, 0.25) is 13.4 Å². The molecule has 1 aromatic heterocycles. The molecule has 0 saturated carbocycles. The number of nitrogens with zero attached hydrogens (tertiary/aromatic N) is 1. The average Bonchev–Trinajstić information content (AvgIpc) is 3.37. The minimum Gasteiger partial charge on any atom is -0.310 e. The first kappa shape index (κ1) is 32.0. The first-order valence-corrected chi connectivity index (χ1v) is 19.1. The molecule has 0 spiro atoms. The van der Waals surface area contributed by atoms with Gasteiger partial charge in [0.05, 0.1) is 5.52 Å². The Morgan fingerprint density at radius 1 is 0.600 bits per heavy atom. The van der Waals surface area contributed by atoms with E-state index in [1.54, 1.807) is 16.5 Å². The summed E-state index contributed by atoms with van der Waals surface area (Å²) in [6, 6.07) is 27.6. The van der Waals surface area contributed by atoms with Crippen molar-refractivity contribution < 1.29 is 0 Å². The van der Waals surface area contributed by atoms with Gasteiger partial charge >= 0.3 is 0 Å². The quantitative estimate of drug-likeness (QED) is 0.168. The maximum Gasteiger partial charge on any atom is 0.245 e. The van der Waals surface area contributed by atoms with E-state index in [9.17, 15) is 0 Å². The van der Waals surface area contributed by atoms with Gasteiger partial charge in [-0.25, -0.2) is 0 Å². The van der Waals surface area contributed by atoms with Gasteiger partial charge < -0.3 is 4.57 Å². The molecule has 0 radical (unpaired) electrons. The maximum atomic E-state index is 2.68. The third kappa shape index (κ3) is 4.28. The maximum absolute atomic E-state index is 2.68. The standard InChI is InChI=1S/C47H51B2N/c1-25(2)29-13-15-37-31(19-29)21-32-20-30(26(3)4)22-39-43(32)48(37)38-17-27(5)18-41-44(38)49(39)42-28(6)36(47(10,11)12)24-35-34-23-33(46(7,8)9)14-16-40(34)50(41)45(35)42/h13-20,22-26H,21H2,1-12H3. The third-order valence-electron chi connectivity index (χ3n) is 12.6. The minimum atomic E-state index is 0.0185. The Hall–Kier alpha value is -3.97. The van der Waals surface area contributed by atoms with Crippen LogP contribution in [0.3, 0.4) is 0 Å². The van der Waals surface area contributed by atoms with Gasteiger partial charge in [0.15, 0.2) is 0 Å². The van der Waals surface area contributed by atoms with Gasteiger partial charge in [-0.05, 0) is 123 Å². The van der Waals surface area contributed by atoms with Crippen molar-refractivity contribution in [1.82, 2.24) is 4.57 Å². The van der Waals surface area contributed by atoms with Crippen LogP contribution in [0.5, 0.6) is 0 Å². The topological polar surface area (TPSA) is 4.93 Å². The van der Waals surface area contributed by atoms with Crippen LogP contribution in [0.15, 0.2) is 66.7 Å².